The molecule has 0 aliphatic carbocycles. The van der Waals surface area contributed by atoms with E-state index in [9.17, 15) is 0 Å². The van der Waals surface area contributed by atoms with Crippen LogP contribution in [0.3, 0.4) is 0 Å². The first kappa shape index (κ1) is 14.7. The van der Waals surface area contributed by atoms with Gasteiger partial charge in [-0.3, -0.25) is 0 Å². The van der Waals surface area contributed by atoms with Crippen molar-refractivity contribution < 1.29 is 14.2 Å². The third-order valence-corrected chi connectivity index (χ3v) is 4.00. The Bertz CT molecular complexity index is 579. The summed E-state index contributed by atoms with van der Waals surface area (Å²) in [6.45, 7) is 2.49. The quantitative estimate of drug-likeness (QED) is 0.812. The Morgan fingerprint density at radius 3 is 2.25 bits per heavy atom. The first-order chi connectivity index (χ1) is 9.65. The zero-order valence-corrected chi connectivity index (χ0v) is 13.4. The maximum Gasteiger partial charge on any atom is 0.176 e. The summed E-state index contributed by atoms with van der Waals surface area (Å²) < 4.78 is 17.3. The summed E-state index contributed by atoms with van der Waals surface area (Å²) in [5.74, 6) is 2.28. The minimum Gasteiger partial charge on any atom is -0.497 e. The molecule has 2 aromatic carbocycles. The number of hydrogen-bond donors (Lipinski definition) is 0. The van der Waals surface area contributed by atoms with Crippen molar-refractivity contribution in [1.29, 1.82) is 0 Å². The fraction of sp³-hybridized carbons (Fsp3) is 0.250. The van der Waals surface area contributed by atoms with E-state index in [1.165, 1.54) is 0 Å². The summed E-state index contributed by atoms with van der Waals surface area (Å²) in [7, 11) is 3.29. The lowest BCUT2D eigenvalue weighted by molar-refractivity contribution is 0.282. The van der Waals surface area contributed by atoms with Crippen LogP contribution in [0.25, 0.3) is 0 Å². The Kier molecular flexibility index (Phi) is 4.90. The van der Waals surface area contributed by atoms with Crippen molar-refractivity contribution in [2.24, 2.45) is 0 Å². The van der Waals surface area contributed by atoms with Gasteiger partial charge in [-0.25, -0.2) is 0 Å². The van der Waals surface area contributed by atoms with Gasteiger partial charge >= 0.3 is 0 Å². The zero-order valence-electron chi connectivity index (χ0n) is 11.8. The lowest BCUT2D eigenvalue weighted by Crippen LogP contribution is -1.99. The van der Waals surface area contributed by atoms with Gasteiger partial charge in [-0.2, -0.15) is 0 Å². The number of hydrogen-bond acceptors (Lipinski definition) is 3. The average molecular weight is 337 g/mol. The molecule has 0 aromatic heterocycles. The fourth-order valence-electron chi connectivity index (χ4n) is 1.81. The molecule has 0 N–H and O–H groups in total. The summed E-state index contributed by atoms with van der Waals surface area (Å²) in [6.07, 6.45) is 0. The van der Waals surface area contributed by atoms with Gasteiger partial charge in [0.25, 0.3) is 0 Å². The topological polar surface area (TPSA) is 27.7 Å². The van der Waals surface area contributed by atoms with E-state index >= 15 is 0 Å². The second-order valence-electron chi connectivity index (χ2n) is 4.36. The van der Waals surface area contributed by atoms with Gasteiger partial charge in [0.05, 0.1) is 18.7 Å². The van der Waals surface area contributed by atoms with Crippen LogP contribution in [0.2, 0.25) is 0 Å². The SMILES string of the molecule is COc1ccc(COc2c(OC)ccc(C)c2Br)cc1. The molecule has 0 aliphatic heterocycles. The molecule has 0 atom stereocenters. The molecule has 20 heavy (non-hydrogen) atoms. The number of benzene rings is 2. The Morgan fingerprint density at radius 2 is 1.65 bits per heavy atom. The van der Waals surface area contributed by atoms with Gasteiger partial charge in [-0.15, -0.1) is 0 Å². The highest BCUT2D eigenvalue weighted by Crippen LogP contribution is 2.37. The fourth-order valence-corrected chi connectivity index (χ4v) is 2.25. The van der Waals surface area contributed by atoms with E-state index in [1.54, 1.807) is 14.2 Å². The molecule has 0 spiro atoms. The van der Waals surface area contributed by atoms with E-state index in [0.29, 0.717) is 6.61 Å². The molecule has 0 saturated heterocycles. The maximum absolute atomic E-state index is 5.89. The van der Waals surface area contributed by atoms with Crippen LogP contribution in [-0.4, -0.2) is 14.2 Å². The molecular weight excluding hydrogens is 320 g/mol. The van der Waals surface area contributed by atoms with Crippen LogP contribution < -0.4 is 14.2 Å². The molecule has 0 saturated carbocycles. The minimum absolute atomic E-state index is 0.475. The van der Waals surface area contributed by atoms with Crippen molar-refractivity contribution >= 4 is 15.9 Å². The Balaban J connectivity index is 2.15. The molecular formula is C16H17BrO3. The van der Waals surface area contributed by atoms with Gasteiger partial charge < -0.3 is 14.2 Å². The van der Waals surface area contributed by atoms with E-state index in [2.05, 4.69) is 15.9 Å². The van der Waals surface area contributed by atoms with Crippen LogP contribution in [-0.2, 0) is 6.61 Å². The molecule has 3 nitrogen and oxygen atoms in total. The predicted molar refractivity (Wildman–Crippen MR) is 82.8 cm³/mol. The van der Waals surface area contributed by atoms with E-state index in [1.807, 2.05) is 43.3 Å². The van der Waals surface area contributed by atoms with Crippen LogP contribution in [0.1, 0.15) is 11.1 Å². The van der Waals surface area contributed by atoms with Crippen molar-refractivity contribution in [3.63, 3.8) is 0 Å². The summed E-state index contributed by atoms with van der Waals surface area (Å²) >= 11 is 3.54. The second-order valence-corrected chi connectivity index (χ2v) is 5.16. The van der Waals surface area contributed by atoms with Gasteiger partial charge in [0.1, 0.15) is 12.4 Å². The molecule has 4 heteroatoms. The molecule has 2 aromatic rings. The van der Waals surface area contributed by atoms with Gasteiger partial charge in [-0.1, -0.05) is 18.2 Å². The number of halogens is 1. The van der Waals surface area contributed by atoms with Crippen molar-refractivity contribution in [2.75, 3.05) is 14.2 Å². The standard InChI is InChI=1S/C16H17BrO3/c1-11-4-9-14(19-3)16(15(11)17)20-10-12-5-7-13(18-2)8-6-12/h4-9H,10H2,1-3H3. The summed E-state index contributed by atoms with van der Waals surface area (Å²) in [5, 5.41) is 0. The first-order valence-corrected chi connectivity index (χ1v) is 7.04. The molecule has 0 amide bonds. The van der Waals surface area contributed by atoms with E-state index < -0.39 is 0 Å². The van der Waals surface area contributed by atoms with Gasteiger partial charge in [0.2, 0.25) is 0 Å². The molecule has 0 heterocycles. The molecule has 0 radical (unpaired) electrons. The minimum atomic E-state index is 0.475. The molecule has 106 valence electrons. The molecule has 0 fully saturated rings. The normalized spacial score (nSPS) is 10.2. The van der Waals surface area contributed by atoms with Crippen LogP contribution in [0.5, 0.6) is 17.2 Å². The van der Waals surface area contributed by atoms with Crippen LogP contribution >= 0.6 is 15.9 Å². The van der Waals surface area contributed by atoms with Gasteiger partial charge in [0.15, 0.2) is 11.5 Å². The maximum atomic E-state index is 5.89. The zero-order chi connectivity index (χ0) is 14.5. The van der Waals surface area contributed by atoms with Crippen molar-refractivity contribution in [2.45, 2.75) is 13.5 Å². The summed E-state index contributed by atoms with van der Waals surface area (Å²) in [4.78, 5) is 0. The van der Waals surface area contributed by atoms with Gasteiger partial charge in [-0.05, 0) is 52.2 Å². The van der Waals surface area contributed by atoms with Crippen LogP contribution in [0, 0.1) is 6.92 Å². The highest BCUT2D eigenvalue weighted by molar-refractivity contribution is 9.10. The molecule has 0 bridgehead atoms. The predicted octanol–water partition coefficient (Wildman–Crippen LogP) is 4.35. The summed E-state index contributed by atoms with van der Waals surface area (Å²) in [5.41, 5.74) is 2.18. The van der Waals surface area contributed by atoms with Gasteiger partial charge in [0, 0.05) is 0 Å². The summed E-state index contributed by atoms with van der Waals surface area (Å²) in [6, 6.07) is 11.7. The molecule has 0 aliphatic rings. The van der Waals surface area contributed by atoms with E-state index in [-0.39, 0.29) is 0 Å². The third-order valence-electron chi connectivity index (χ3n) is 3.02. The average Bonchev–Trinajstić information content (AvgIpc) is 2.49. The lowest BCUT2D eigenvalue weighted by atomic mass is 10.2. The third kappa shape index (κ3) is 3.25. The highest BCUT2D eigenvalue weighted by Gasteiger charge is 2.11. The molecule has 2 rings (SSSR count). The van der Waals surface area contributed by atoms with E-state index in [4.69, 9.17) is 14.2 Å². The Labute approximate surface area is 127 Å². The number of methoxy groups -OCH3 is 2. The smallest absolute Gasteiger partial charge is 0.176 e. The Morgan fingerprint density at radius 1 is 0.950 bits per heavy atom. The number of rotatable bonds is 5. The number of aryl methyl sites for hydroxylation is 1. The largest absolute Gasteiger partial charge is 0.497 e. The first-order valence-electron chi connectivity index (χ1n) is 6.24. The van der Waals surface area contributed by atoms with Crippen LogP contribution in [0.4, 0.5) is 0 Å². The highest BCUT2D eigenvalue weighted by atomic mass is 79.9. The second kappa shape index (κ2) is 6.66. The van der Waals surface area contributed by atoms with Crippen molar-refractivity contribution in [3.05, 3.63) is 52.0 Å². The number of ether oxygens (including phenoxy) is 3. The van der Waals surface area contributed by atoms with E-state index in [0.717, 1.165) is 32.8 Å². The monoisotopic (exact) mass is 336 g/mol. The Hall–Kier alpha value is -1.68. The van der Waals surface area contributed by atoms with Crippen molar-refractivity contribution in [1.82, 2.24) is 0 Å². The molecule has 0 unspecified atom stereocenters. The van der Waals surface area contributed by atoms with Crippen molar-refractivity contribution in [3.8, 4) is 17.2 Å². The van der Waals surface area contributed by atoms with Crippen LogP contribution in [0.15, 0.2) is 40.9 Å². The lowest BCUT2D eigenvalue weighted by Gasteiger charge is -2.14.